The summed E-state index contributed by atoms with van der Waals surface area (Å²) in [5, 5.41) is 16.1. The normalized spacial score (nSPS) is 20.3. The molecule has 104 valence electrons. The number of nitrogens with one attached hydrogen (secondary N) is 1. The third-order valence-corrected chi connectivity index (χ3v) is 3.22. The quantitative estimate of drug-likeness (QED) is 0.774. The number of amides is 1. The number of aryl methyl sites for hydroxylation is 2. The lowest BCUT2D eigenvalue weighted by Gasteiger charge is -2.32. The maximum absolute atomic E-state index is 11.4. The molecule has 1 aliphatic rings. The number of carbonyl (C=O) groups excluding carboxylic acids is 1. The minimum absolute atomic E-state index is 0.102. The van der Waals surface area contributed by atoms with E-state index in [1.54, 1.807) is 4.90 Å². The second kappa shape index (κ2) is 5.40. The van der Waals surface area contributed by atoms with Crippen LogP contribution in [0.25, 0.3) is 0 Å². The molecule has 0 bridgehead atoms. The number of piperazine rings is 1. The van der Waals surface area contributed by atoms with Crippen LogP contribution in [0.15, 0.2) is 6.07 Å². The highest BCUT2D eigenvalue weighted by atomic mass is 16.4. The highest BCUT2D eigenvalue weighted by molar-refractivity contribution is 5.83. The van der Waals surface area contributed by atoms with Crippen molar-refractivity contribution in [1.29, 1.82) is 0 Å². The van der Waals surface area contributed by atoms with Gasteiger partial charge in [0, 0.05) is 19.6 Å². The minimum Gasteiger partial charge on any atom is -0.480 e. The van der Waals surface area contributed by atoms with Gasteiger partial charge in [0.1, 0.15) is 6.04 Å². The van der Waals surface area contributed by atoms with Gasteiger partial charge in [-0.05, 0) is 19.9 Å². The predicted octanol–water partition coefficient (Wildman–Crippen LogP) is -0.404. The van der Waals surface area contributed by atoms with Gasteiger partial charge >= 0.3 is 5.97 Å². The number of rotatable bonds is 4. The first-order valence-corrected chi connectivity index (χ1v) is 6.28. The summed E-state index contributed by atoms with van der Waals surface area (Å²) in [6.45, 7) is 5.26. The third-order valence-electron chi connectivity index (χ3n) is 3.22. The maximum Gasteiger partial charge on any atom is 0.322 e. The van der Waals surface area contributed by atoms with E-state index < -0.39 is 12.0 Å². The van der Waals surface area contributed by atoms with E-state index in [1.165, 1.54) is 0 Å². The molecule has 0 saturated carbocycles. The number of hydrogen-bond donors (Lipinski definition) is 2. The van der Waals surface area contributed by atoms with Crippen molar-refractivity contribution in [2.45, 2.75) is 33.0 Å². The van der Waals surface area contributed by atoms with Crippen molar-refractivity contribution in [1.82, 2.24) is 20.0 Å². The van der Waals surface area contributed by atoms with Gasteiger partial charge in [-0.2, -0.15) is 5.10 Å². The fourth-order valence-electron chi connectivity index (χ4n) is 2.31. The van der Waals surface area contributed by atoms with E-state index in [-0.39, 0.29) is 19.0 Å². The molecule has 1 saturated heterocycles. The summed E-state index contributed by atoms with van der Waals surface area (Å²) in [6, 6.07) is 1.24. The van der Waals surface area contributed by atoms with Crippen LogP contribution in [0, 0.1) is 6.92 Å². The van der Waals surface area contributed by atoms with Gasteiger partial charge in [0.2, 0.25) is 5.91 Å². The van der Waals surface area contributed by atoms with Gasteiger partial charge in [-0.1, -0.05) is 0 Å². The van der Waals surface area contributed by atoms with Crippen molar-refractivity contribution < 1.29 is 14.7 Å². The van der Waals surface area contributed by atoms with Crippen LogP contribution in [-0.4, -0.2) is 50.8 Å². The van der Waals surface area contributed by atoms with Crippen LogP contribution in [0.3, 0.4) is 0 Å². The van der Waals surface area contributed by atoms with Crippen molar-refractivity contribution in [2.75, 3.05) is 13.1 Å². The number of nitrogens with zero attached hydrogens (tertiary/aromatic N) is 3. The lowest BCUT2D eigenvalue weighted by Crippen LogP contribution is -2.57. The Hall–Kier alpha value is -1.89. The van der Waals surface area contributed by atoms with Gasteiger partial charge in [0.05, 0.1) is 17.9 Å². The largest absolute Gasteiger partial charge is 0.480 e. The van der Waals surface area contributed by atoms with Gasteiger partial charge in [-0.15, -0.1) is 0 Å². The van der Waals surface area contributed by atoms with Crippen LogP contribution in [0.5, 0.6) is 0 Å². The highest BCUT2D eigenvalue weighted by Gasteiger charge is 2.32. The van der Waals surface area contributed by atoms with Crippen molar-refractivity contribution in [3.8, 4) is 0 Å². The highest BCUT2D eigenvalue weighted by Crippen LogP contribution is 2.12. The number of carbonyl (C=O) groups is 2. The molecule has 1 fully saturated rings. The van der Waals surface area contributed by atoms with E-state index in [0.29, 0.717) is 6.54 Å². The predicted molar refractivity (Wildman–Crippen MR) is 67.5 cm³/mol. The van der Waals surface area contributed by atoms with Crippen LogP contribution in [0.2, 0.25) is 0 Å². The van der Waals surface area contributed by atoms with Crippen LogP contribution in [-0.2, 0) is 22.7 Å². The van der Waals surface area contributed by atoms with Crippen LogP contribution >= 0.6 is 0 Å². The van der Waals surface area contributed by atoms with Crippen molar-refractivity contribution in [3.05, 3.63) is 17.5 Å². The van der Waals surface area contributed by atoms with Crippen molar-refractivity contribution >= 4 is 11.9 Å². The smallest absolute Gasteiger partial charge is 0.322 e. The summed E-state index contributed by atoms with van der Waals surface area (Å²) in [4.78, 5) is 24.3. The zero-order chi connectivity index (χ0) is 14.0. The van der Waals surface area contributed by atoms with E-state index >= 15 is 0 Å². The number of hydrogen-bond acceptors (Lipinski definition) is 4. The standard InChI is InChI=1S/C12H18N4O3/c1-3-16-9(4-8(2)14-16)6-15-7-11(17)13-5-10(15)12(18)19/h4,10H,3,5-7H2,1-2H3,(H,13,17)(H,18,19). The molecule has 7 heteroatoms. The molecule has 1 amide bonds. The molecule has 7 nitrogen and oxygen atoms in total. The third kappa shape index (κ3) is 2.93. The van der Waals surface area contributed by atoms with Gasteiger partial charge in [-0.3, -0.25) is 19.2 Å². The molecule has 0 spiro atoms. The summed E-state index contributed by atoms with van der Waals surface area (Å²) >= 11 is 0. The Labute approximate surface area is 111 Å². The van der Waals surface area contributed by atoms with E-state index in [2.05, 4.69) is 10.4 Å². The number of aromatic nitrogens is 2. The molecule has 2 N–H and O–H groups in total. The Morgan fingerprint density at radius 3 is 3.00 bits per heavy atom. The van der Waals surface area contributed by atoms with Crippen LogP contribution in [0.1, 0.15) is 18.3 Å². The lowest BCUT2D eigenvalue weighted by molar-refractivity contribution is -0.146. The van der Waals surface area contributed by atoms with E-state index in [0.717, 1.165) is 17.9 Å². The first kappa shape index (κ1) is 13.5. The van der Waals surface area contributed by atoms with Gasteiger partial charge in [0.15, 0.2) is 0 Å². The number of carboxylic acids is 1. The molecule has 1 unspecified atom stereocenters. The zero-order valence-corrected chi connectivity index (χ0v) is 11.1. The van der Waals surface area contributed by atoms with Gasteiger partial charge in [-0.25, -0.2) is 0 Å². The Kier molecular flexibility index (Phi) is 3.84. The molecule has 1 aromatic rings. The van der Waals surface area contributed by atoms with Crippen molar-refractivity contribution in [2.24, 2.45) is 0 Å². The average molecular weight is 266 g/mol. The molecule has 0 aliphatic carbocycles. The molecular weight excluding hydrogens is 248 g/mol. The van der Waals surface area contributed by atoms with Gasteiger partial charge < -0.3 is 10.4 Å². The molecule has 2 heterocycles. The molecule has 19 heavy (non-hydrogen) atoms. The molecule has 1 aromatic heterocycles. The Balaban J connectivity index is 2.18. The fraction of sp³-hybridized carbons (Fsp3) is 0.583. The SMILES string of the molecule is CCn1nc(C)cc1CN1CC(=O)NCC1C(=O)O. The molecule has 1 atom stereocenters. The maximum atomic E-state index is 11.4. The molecule has 1 aliphatic heterocycles. The Bertz CT molecular complexity index is 497. The zero-order valence-electron chi connectivity index (χ0n) is 11.1. The average Bonchev–Trinajstić information content (AvgIpc) is 2.69. The number of aliphatic carboxylic acids is 1. The Morgan fingerprint density at radius 2 is 2.37 bits per heavy atom. The second-order valence-corrected chi connectivity index (χ2v) is 4.66. The van der Waals surface area contributed by atoms with E-state index in [9.17, 15) is 14.7 Å². The summed E-state index contributed by atoms with van der Waals surface area (Å²) in [7, 11) is 0. The fourth-order valence-corrected chi connectivity index (χ4v) is 2.31. The molecule has 2 rings (SSSR count). The van der Waals surface area contributed by atoms with E-state index in [1.807, 2.05) is 24.6 Å². The first-order valence-electron chi connectivity index (χ1n) is 6.28. The summed E-state index contributed by atoms with van der Waals surface area (Å²) in [6.07, 6.45) is 0. The molecule has 0 aromatic carbocycles. The van der Waals surface area contributed by atoms with Crippen LogP contribution < -0.4 is 5.32 Å². The number of carboxylic acid groups (broad SMARTS) is 1. The van der Waals surface area contributed by atoms with Gasteiger partial charge in [0.25, 0.3) is 0 Å². The summed E-state index contributed by atoms with van der Waals surface area (Å²) < 4.78 is 1.83. The summed E-state index contributed by atoms with van der Waals surface area (Å²) in [5.74, 6) is -1.06. The Morgan fingerprint density at radius 1 is 1.63 bits per heavy atom. The summed E-state index contributed by atoms with van der Waals surface area (Å²) in [5.41, 5.74) is 1.83. The topological polar surface area (TPSA) is 87.5 Å². The van der Waals surface area contributed by atoms with E-state index in [4.69, 9.17) is 0 Å². The minimum atomic E-state index is -0.917. The second-order valence-electron chi connectivity index (χ2n) is 4.66. The molecular formula is C12H18N4O3. The monoisotopic (exact) mass is 266 g/mol. The van der Waals surface area contributed by atoms with Crippen molar-refractivity contribution in [3.63, 3.8) is 0 Å². The molecule has 0 radical (unpaired) electrons. The van der Waals surface area contributed by atoms with Crippen LogP contribution in [0.4, 0.5) is 0 Å². The lowest BCUT2D eigenvalue weighted by atomic mass is 10.1. The first-order chi connectivity index (χ1) is 9.01.